The number of methoxy groups -OCH3 is 2. The Bertz CT molecular complexity index is 566. The van der Waals surface area contributed by atoms with Gasteiger partial charge in [0, 0.05) is 26.2 Å². The van der Waals surface area contributed by atoms with Crippen LogP contribution in [0.3, 0.4) is 0 Å². The predicted octanol–water partition coefficient (Wildman–Crippen LogP) is 0.980. The Morgan fingerprint density at radius 2 is 1.70 bits per heavy atom. The minimum absolute atomic E-state index is 0.0969. The van der Waals surface area contributed by atoms with E-state index in [1.807, 2.05) is 23.1 Å². The van der Waals surface area contributed by atoms with Crippen molar-refractivity contribution in [2.45, 2.75) is 13.3 Å². The molecule has 1 saturated heterocycles. The Morgan fingerprint density at radius 3 is 2.26 bits per heavy atom. The second-order valence-electron chi connectivity index (χ2n) is 5.73. The summed E-state index contributed by atoms with van der Waals surface area (Å²) in [6.07, 6.45) is 0.340. The average molecular weight is 320 g/mol. The number of benzene rings is 1. The highest BCUT2D eigenvalue weighted by Crippen LogP contribution is 2.27. The van der Waals surface area contributed by atoms with Crippen molar-refractivity contribution in [3.05, 3.63) is 23.8 Å². The molecule has 1 heterocycles. The molecule has 23 heavy (non-hydrogen) atoms. The van der Waals surface area contributed by atoms with E-state index in [4.69, 9.17) is 9.47 Å². The Morgan fingerprint density at radius 1 is 1.04 bits per heavy atom. The van der Waals surface area contributed by atoms with Crippen molar-refractivity contribution in [1.82, 2.24) is 9.80 Å². The number of hydrogen-bond acceptors (Lipinski definition) is 5. The van der Waals surface area contributed by atoms with Crippen LogP contribution >= 0.6 is 0 Å². The van der Waals surface area contributed by atoms with Gasteiger partial charge in [0.2, 0.25) is 5.91 Å². The molecule has 0 unspecified atom stereocenters. The van der Waals surface area contributed by atoms with Crippen LogP contribution in [0.25, 0.3) is 0 Å². The molecule has 0 saturated carbocycles. The smallest absolute Gasteiger partial charge is 0.227 e. The maximum absolute atomic E-state index is 12.4. The first-order valence-electron chi connectivity index (χ1n) is 7.74. The van der Waals surface area contributed by atoms with Gasteiger partial charge in [0.25, 0.3) is 0 Å². The molecule has 0 N–H and O–H groups in total. The van der Waals surface area contributed by atoms with Gasteiger partial charge in [-0.1, -0.05) is 6.07 Å². The van der Waals surface area contributed by atoms with Crippen LogP contribution in [0.4, 0.5) is 0 Å². The lowest BCUT2D eigenvalue weighted by molar-refractivity contribution is -0.132. The van der Waals surface area contributed by atoms with Crippen LogP contribution < -0.4 is 9.47 Å². The van der Waals surface area contributed by atoms with Gasteiger partial charge >= 0.3 is 0 Å². The van der Waals surface area contributed by atoms with E-state index in [0.29, 0.717) is 37.6 Å². The topological polar surface area (TPSA) is 59.1 Å². The molecule has 1 aromatic carbocycles. The molecule has 0 aromatic heterocycles. The number of carbonyl (C=O) groups excluding carboxylic acids is 2. The van der Waals surface area contributed by atoms with Crippen LogP contribution in [0.5, 0.6) is 11.5 Å². The van der Waals surface area contributed by atoms with Crippen molar-refractivity contribution in [1.29, 1.82) is 0 Å². The van der Waals surface area contributed by atoms with Crippen LogP contribution in [0, 0.1) is 0 Å². The van der Waals surface area contributed by atoms with Crippen molar-refractivity contribution in [2.24, 2.45) is 0 Å². The summed E-state index contributed by atoms with van der Waals surface area (Å²) in [6, 6.07) is 5.53. The van der Waals surface area contributed by atoms with E-state index in [0.717, 1.165) is 18.7 Å². The summed E-state index contributed by atoms with van der Waals surface area (Å²) in [4.78, 5) is 27.5. The SMILES string of the molecule is COc1ccc(CC(=O)N2CCN(CC(C)=O)CC2)cc1OC. The summed E-state index contributed by atoms with van der Waals surface area (Å²) < 4.78 is 10.5. The van der Waals surface area contributed by atoms with E-state index >= 15 is 0 Å². The number of ketones is 1. The van der Waals surface area contributed by atoms with E-state index < -0.39 is 0 Å². The minimum atomic E-state index is 0.0969. The average Bonchev–Trinajstić information content (AvgIpc) is 2.54. The second kappa shape index (κ2) is 7.97. The first-order valence-corrected chi connectivity index (χ1v) is 7.74. The number of amides is 1. The number of Topliss-reactive ketones (excluding diaryl/α,β-unsaturated/α-hetero) is 1. The zero-order chi connectivity index (χ0) is 16.8. The molecule has 1 aliphatic rings. The van der Waals surface area contributed by atoms with Gasteiger partial charge in [-0.2, -0.15) is 0 Å². The van der Waals surface area contributed by atoms with Gasteiger partial charge in [-0.25, -0.2) is 0 Å². The molecule has 0 aliphatic carbocycles. The predicted molar refractivity (Wildman–Crippen MR) is 87.0 cm³/mol. The summed E-state index contributed by atoms with van der Waals surface area (Å²) in [7, 11) is 3.17. The van der Waals surface area contributed by atoms with E-state index in [2.05, 4.69) is 4.90 Å². The van der Waals surface area contributed by atoms with Gasteiger partial charge in [0.05, 0.1) is 27.2 Å². The third-order valence-corrected chi connectivity index (χ3v) is 3.97. The first kappa shape index (κ1) is 17.3. The quantitative estimate of drug-likeness (QED) is 0.782. The molecular weight excluding hydrogens is 296 g/mol. The molecule has 1 fully saturated rings. The fraction of sp³-hybridized carbons (Fsp3) is 0.529. The largest absolute Gasteiger partial charge is 0.493 e. The Labute approximate surface area is 137 Å². The summed E-state index contributed by atoms with van der Waals surface area (Å²) in [5, 5.41) is 0. The van der Waals surface area contributed by atoms with E-state index in [1.54, 1.807) is 21.1 Å². The van der Waals surface area contributed by atoms with Crippen molar-refractivity contribution >= 4 is 11.7 Å². The molecule has 6 heteroatoms. The molecule has 1 amide bonds. The number of ether oxygens (including phenoxy) is 2. The number of hydrogen-bond donors (Lipinski definition) is 0. The molecule has 0 radical (unpaired) electrons. The molecule has 0 spiro atoms. The van der Waals surface area contributed by atoms with Crippen molar-refractivity contribution < 1.29 is 19.1 Å². The first-order chi connectivity index (χ1) is 11.0. The van der Waals surface area contributed by atoms with Gasteiger partial charge in [-0.15, -0.1) is 0 Å². The molecule has 126 valence electrons. The molecule has 6 nitrogen and oxygen atoms in total. The van der Waals surface area contributed by atoms with Crippen LogP contribution in [0.15, 0.2) is 18.2 Å². The lowest BCUT2D eigenvalue weighted by Gasteiger charge is -2.34. The fourth-order valence-electron chi connectivity index (χ4n) is 2.75. The molecule has 2 rings (SSSR count). The summed E-state index contributed by atoms with van der Waals surface area (Å²) in [5.41, 5.74) is 0.902. The molecule has 0 bridgehead atoms. The van der Waals surface area contributed by atoms with Crippen molar-refractivity contribution in [2.75, 3.05) is 46.9 Å². The standard InChI is InChI=1S/C17H24N2O4/c1-13(20)12-18-6-8-19(9-7-18)17(21)11-14-4-5-15(22-2)16(10-14)23-3/h4-5,10H,6-9,11-12H2,1-3H3. The molecular formula is C17H24N2O4. The summed E-state index contributed by atoms with van der Waals surface area (Å²) >= 11 is 0. The zero-order valence-corrected chi connectivity index (χ0v) is 14.0. The second-order valence-corrected chi connectivity index (χ2v) is 5.73. The maximum Gasteiger partial charge on any atom is 0.227 e. The highest BCUT2D eigenvalue weighted by molar-refractivity contribution is 5.79. The normalized spacial score (nSPS) is 15.3. The Balaban J connectivity index is 1.91. The third-order valence-electron chi connectivity index (χ3n) is 3.97. The zero-order valence-electron chi connectivity index (χ0n) is 14.0. The van der Waals surface area contributed by atoms with Crippen molar-refractivity contribution in [3.8, 4) is 11.5 Å². The van der Waals surface area contributed by atoms with Crippen molar-refractivity contribution in [3.63, 3.8) is 0 Å². The molecule has 1 aliphatic heterocycles. The Hall–Kier alpha value is -2.08. The van der Waals surface area contributed by atoms with Crippen LogP contribution in [-0.4, -0.2) is 68.4 Å². The highest BCUT2D eigenvalue weighted by atomic mass is 16.5. The lowest BCUT2D eigenvalue weighted by Crippen LogP contribution is -2.50. The third kappa shape index (κ3) is 4.69. The van der Waals surface area contributed by atoms with Gasteiger partial charge in [0.1, 0.15) is 5.78 Å². The van der Waals surface area contributed by atoms with Crippen LogP contribution in [-0.2, 0) is 16.0 Å². The number of piperazine rings is 1. The number of nitrogens with zero attached hydrogens (tertiary/aromatic N) is 2. The summed E-state index contributed by atoms with van der Waals surface area (Å²) in [5.74, 6) is 1.54. The van der Waals surface area contributed by atoms with Crippen LogP contribution in [0.2, 0.25) is 0 Å². The van der Waals surface area contributed by atoms with E-state index in [1.165, 1.54) is 0 Å². The maximum atomic E-state index is 12.4. The highest BCUT2D eigenvalue weighted by Gasteiger charge is 2.22. The minimum Gasteiger partial charge on any atom is -0.493 e. The monoisotopic (exact) mass is 320 g/mol. The van der Waals surface area contributed by atoms with E-state index in [-0.39, 0.29) is 11.7 Å². The summed E-state index contributed by atoms with van der Waals surface area (Å²) in [6.45, 7) is 4.89. The Kier molecular flexibility index (Phi) is 5.98. The number of rotatable bonds is 6. The fourth-order valence-corrected chi connectivity index (χ4v) is 2.75. The van der Waals surface area contributed by atoms with Crippen LogP contribution in [0.1, 0.15) is 12.5 Å². The lowest BCUT2D eigenvalue weighted by atomic mass is 10.1. The van der Waals surface area contributed by atoms with Gasteiger partial charge < -0.3 is 14.4 Å². The molecule has 0 atom stereocenters. The van der Waals surface area contributed by atoms with E-state index in [9.17, 15) is 9.59 Å². The van der Waals surface area contributed by atoms with Gasteiger partial charge in [-0.3, -0.25) is 14.5 Å². The number of carbonyl (C=O) groups is 2. The molecule has 1 aromatic rings. The van der Waals surface area contributed by atoms with Gasteiger partial charge in [0.15, 0.2) is 11.5 Å². The van der Waals surface area contributed by atoms with Gasteiger partial charge in [-0.05, 0) is 24.6 Å².